The first kappa shape index (κ1) is 22.5. The predicted octanol–water partition coefficient (Wildman–Crippen LogP) is 4.57. The summed E-state index contributed by atoms with van der Waals surface area (Å²) in [4.78, 5) is 30.0. The van der Waals surface area contributed by atoms with Crippen molar-refractivity contribution in [2.24, 2.45) is 5.41 Å². The van der Waals surface area contributed by atoms with E-state index in [0.29, 0.717) is 13.0 Å². The third-order valence-corrected chi connectivity index (χ3v) is 5.32. The van der Waals surface area contributed by atoms with Gasteiger partial charge in [0.05, 0.1) is 6.54 Å². The van der Waals surface area contributed by atoms with E-state index in [9.17, 15) is 9.59 Å². The smallest absolute Gasteiger partial charge is 0.329 e. The Morgan fingerprint density at radius 3 is 2.39 bits per heavy atom. The molecule has 6 nitrogen and oxygen atoms in total. The molecule has 6 heteroatoms. The van der Waals surface area contributed by atoms with Crippen LogP contribution in [0.4, 0.5) is 5.95 Å². The number of aryl methyl sites for hydroxylation is 1. The minimum Gasteiger partial charge on any atom is -0.329 e. The number of aromatic nitrogens is 3. The first-order valence-corrected chi connectivity index (χ1v) is 10.7. The van der Waals surface area contributed by atoms with Crippen molar-refractivity contribution in [2.75, 3.05) is 5.32 Å². The normalized spacial score (nSPS) is 14.3. The Morgan fingerprint density at radius 2 is 1.77 bits per heavy atom. The van der Waals surface area contributed by atoms with Crippen molar-refractivity contribution in [2.45, 2.75) is 60.5 Å². The summed E-state index contributed by atoms with van der Waals surface area (Å²) in [6.45, 7) is 12.5. The Kier molecular flexibility index (Phi) is 6.48. The van der Waals surface area contributed by atoms with Crippen LogP contribution in [0.1, 0.15) is 58.2 Å². The maximum Gasteiger partial charge on any atom is 0.355 e. The lowest BCUT2D eigenvalue weighted by Gasteiger charge is -2.19. The molecule has 0 saturated heterocycles. The average molecular weight is 421 g/mol. The van der Waals surface area contributed by atoms with Gasteiger partial charge in [-0.05, 0) is 43.4 Å². The van der Waals surface area contributed by atoms with Crippen LogP contribution in [0, 0.1) is 12.3 Å². The van der Waals surface area contributed by atoms with Crippen LogP contribution in [0.2, 0.25) is 0 Å². The van der Waals surface area contributed by atoms with Crippen LogP contribution in [0.15, 0.2) is 69.4 Å². The van der Waals surface area contributed by atoms with Gasteiger partial charge in [0.1, 0.15) is 0 Å². The molecular formula is C25H32N4O2. The highest BCUT2D eigenvalue weighted by atomic mass is 16.2. The minimum absolute atomic E-state index is 0.0337. The Hall–Kier alpha value is -3.15. The monoisotopic (exact) mass is 420 g/mol. The maximum atomic E-state index is 13.2. The van der Waals surface area contributed by atoms with E-state index in [1.54, 1.807) is 0 Å². The van der Waals surface area contributed by atoms with Gasteiger partial charge in [0.2, 0.25) is 5.95 Å². The molecule has 0 atom stereocenters. The van der Waals surface area contributed by atoms with E-state index in [-0.39, 0.29) is 23.1 Å². The number of benzene rings is 1. The molecule has 164 valence electrons. The third kappa shape index (κ3) is 5.32. The van der Waals surface area contributed by atoms with E-state index in [1.165, 1.54) is 14.7 Å². The number of hydrogen-bond acceptors (Lipinski definition) is 4. The molecule has 0 aliphatic heterocycles. The number of nitrogens with zero attached hydrogens (tertiary/aromatic N) is 3. The van der Waals surface area contributed by atoms with Crippen LogP contribution < -0.4 is 16.7 Å². The van der Waals surface area contributed by atoms with Gasteiger partial charge in [0.15, 0.2) is 0 Å². The van der Waals surface area contributed by atoms with E-state index in [2.05, 4.69) is 49.3 Å². The SMILES string of the molecule is Cc1ccc(Cn2c(NC3=CC=C(C(C)(C)C)C=CC3)nc(=O)n(C(C)C)c2=O)cc1. The molecule has 1 aromatic carbocycles. The van der Waals surface area contributed by atoms with Gasteiger partial charge in [-0.3, -0.25) is 4.57 Å². The summed E-state index contributed by atoms with van der Waals surface area (Å²) in [5.41, 5.74) is 3.33. The van der Waals surface area contributed by atoms with Crippen LogP contribution >= 0.6 is 0 Å². The molecule has 0 radical (unpaired) electrons. The fourth-order valence-electron chi connectivity index (χ4n) is 3.43. The summed E-state index contributed by atoms with van der Waals surface area (Å²) in [7, 11) is 0. The fourth-order valence-corrected chi connectivity index (χ4v) is 3.43. The van der Waals surface area contributed by atoms with Crippen LogP contribution in [0.3, 0.4) is 0 Å². The summed E-state index contributed by atoms with van der Waals surface area (Å²) >= 11 is 0. The second kappa shape index (κ2) is 8.92. The average Bonchev–Trinajstić information content (AvgIpc) is 2.91. The molecule has 3 rings (SSSR count). The van der Waals surface area contributed by atoms with Crippen molar-refractivity contribution < 1.29 is 0 Å². The zero-order valence-electron chi connectivity index (χ0n) is 19.3. The molecule has 1 aliphatic rings. The molecule has 1 N–H and O–H groups in total. The summed E-state index contributed by atoms with van der Waals surface area (Å²) in [6, 6.07) is 7.72. The molecule has 2 aromatic rings. The van der Waals surface area contributed by atoms with Gasteiger partial charge in [-0.25, -0.2) is 14.2 Å². The molecule has 0 saturated carbocycles. The molecule has 1 aliphatic carbocycles. The molecule has 0 unspecified atom stereocenters. The van der Waals surface area contributed by atoms with Gasteiger partial charge in [0, 0.05) is 18.2 Å². The third-order valence-electron chi connectivity index (χ3n) is 5.32. The van der Waals surface area contributed by atoms with Crippen LogP contribution in [0.5, 0.6) is 0 Å². The first-order valence-electron chi connectivity index (χ1n) is 10.7. The second-order valence-corrected chi connectivity index (χ2v) is 9.33. The number of hydrogen-bond donors (Lipinski definition) is 1. The van der Waals surface area contributed by atoms with Crippen molar-refractivity contribution in [3.8, 4) is 0 Å². The summed E-state index contributed by atoms with van der Waals surface area (Å²) in [6.07, 6.45) is 8.93. The predicted molar refractivity (Wildman–Crippen MR) is 126 cm³/mol. The lowest BCUT2D eigenvalue weighted by atomic mass is 9.86. The summed E-state index contributed by atoms with van der Waals surface area (Å²) in [5.74, 6) is 0.264. The van der Waals surface area contributed by atoms with Crippen molar-refractivity contribution in [1.82, 2.24) is 14.1 Å². The van der Waals surface area contributed by atoms with E-state index in [0.717, 1.165) is 16.8 Å². The van der Waals surface area contributed by atoms with Crippen molar-refractivity contribution in [3.63, 3.8) is 0 Å². The Balaban J connectivity index is 2.05. The Morgan fingerprint density at radius 1 is 1.10 bits per heavy atom. The number of anilines is 1. The van der Waals surface area contributed by atoms with E-state index >= 15 is 0 Å². The zero-order valence-corrected chi connectivity index (χ0v) is 19.3. The topological polar surface area (TPSA) is 68.9 Å². The van der Waals surface area contributed by atoms with E-state index < -0.39 is 5.69 Å². The minimum atomic E-state index is -0.543. The molecule has 1 heterocycles. The highest BCUT2D eigenvalue weighted by Crippen LogP contribution is 2.28. The highest BCUT2D eigenvalue weighted by molar-refractivity contribution is 5.42. The maximum absolute atomic E-state index is 13.2. The highest BCUT2D eigenvalue weighted by Gasteiger charge is 2.18. The zero-order chi connectivity index (χ0) is 22.8. The second-order valence-electron chi connectivity index (χ2n) is 9.33. The van der Waals surface area contributed by atoms with Gasteiger partial charge in [-0.1, -0.05) is 68.8 Å². The van der Waals surface area contributed by atoms with Gasteiger partial charge in [0.25, 0.3) is 0 Å². The number of rotatable bonds is 5. The van der Waals surface area contributed by atoms with Crippen LogP contribution in [0.25, 0.3) is 0 Å². The van der Waals surface area contributed by atoms with Crippen LogP contribution in [-0.4, -0.2) is 14.1 Å². The number of nitrogens with one attached hydrogen (secondary N) is 1. The van der Waals surface area contributed by atoms with Crippen molar-refractivity contribution in [3.05, 3.63) is 91.9 Å². The Labute approximate surface area is 183 Å². The van der Waals surface area contributed by atoms with Gasteiger partial charge in [-0.2, -0.15) is 4.98 Å². The largest absolute Gasteiger partial charge is 0.355 e. The van der Waals surface area contributed by atoms with Gasteiger partial charge >= 0.3 is 11.4 Å². The van der Waals surface area contributed by atoms with Crippen LogP contribution in [-0.2, 0) is 6.54 Å². The fraction of sp³-hybridized carbons (Fsp3) is 0.400. The summed E-state index contributed by atoms with van der Waals surface area (Å²) < 4.78 is 2.73. The standard InChI is InChI=1S/C25H32N4O2/c1-17(2)29-23(30)27-22(26-21-9-7-8-20(14-15-21)25(4,5)6)28(24(29)31)16-19-12-10-18(3)11-13-19/h7-8,10-15,17H,9,16H2,1-6H3,(H,26,27,30). The lowest BCUT2D eigenvalue weighted by molar-refractivity contribution is 0.496. The van der Waals surface area contributed by atoms with E-state index in [4.69, 9.17) is 0 Å². The summed E-state index contributed by atoms with van der Waals surface area (Å²) in [5, 5.41) is 3.24. The molecule has 0 fully saturated rings. The molecule has 0 amide bonds. The lowest BCUT2D eigenvalue weighted by Crippen LogP contribution is -2.43. The van der Waals surface area contributed by atoms with E-state index in [1.807, 2.05) is 51.1 Å². The molecule has 31 heavy (non-hydrogen) atoms. The van der Waals surface area contributed by atoms with Gasteiger partial charge in [-0.15, -0.1) is 0 Å². The van der Waals surface area contributed by atoms with Crippen molar-refractivity contribution >= 4 is 5.95 Å². The first-order chi connectivity index (χ1) is 14.6. The quantitative estimate of drug-likeness (QED) is 0.769. The molecule has 0 bridgehead atoms. The number of allylic oxidation sites excluding steroid dienone is 5. The molecule has 0 spiro atoms. The van der Waals surface area contributed by atoms with Crippen molar-refractivity contribution in [1.29, 1.82) is 0 Å². The Bertz CT molecular complexity index is 1150. The molecular weight excluding hydrogens is 388 g/mol. The van der Waals surface area contributed by atoms with Gasteiger partial charge < -0.3 is 5.32 Å². The molecule has 1 aromatic heterocycles.